The van der Waals surface area contributed by atoms with E-state index in [4.69, 9.17) is 0 Å². The Balaban J connectivity index is 2.62. The van der Waals surface area contributed by atoms with Crippen LogP contribution in [0.2, 0.25) is 0 Å². The van der Waals surface area contributed by atoms with Crippen LogP contribution in [0.5, 0.6) is 0 Å². The van der Waals surface area contributed by atoms with Crippen LogP contribution in [-0.2, 0) is 0 Å². The van der Waals surface area contributed by atoms with Crippen molar-refractivity contribution < 1.29 is 0 Å². The molecule has 0 saturated heterocycles. The number of hydrogen-bond acceptors (Lipinski definition) is 1. The van der Waals surface area contributed by atoms with Gasteiger partial charge in [0.15, 0.2) is 0 Å². The number of hydrogen-bond donors (Lipinski definition) is 1. The van der Waals surface area contributed by atoms with E-state index in [-0.39, 0.29) is 0 Å². The van der Waals surface area contributed by atoms with Crippen LogP contribution < -0.4 is 5.32 Å². The molecular formula is C17H35N. The molecule has 1 aliphatic carbocycles. The molecule has 1 heteroatoms. The van der Waals surface area contributed by atoms with E-state index in [0.717, 1.165) is 29.7 Å². The highest BCUT2D eigenvalue weighted by Gasteiger charge is 2.26. The molecule has 0 radical (unpaired) electrons. The SMILES string of the molecule is CCCC1CC(CC(C)C)CCC(NC)C(C)C1. The van der Waals surface area contributed by atoms with Crippen molar-refractivity contribution in [2.75, 3.05) is 7.05 Å². The lowest BCUT2D eigenvalue weighted by atomic mass is 9.74. The van der Waals surface area contributed by atoms with Crippen LogP contribution in [0.25, 0.3) is 0 Å². The van der Waals surface area contributed by atoms with Crippen LogP contribution in [-0.4, -0.2) is 13.1 Å². The first-order valence-electron chi connectivity index (χ1n) is 8.24. The molecule has 0 aromatic heterocycles. The zero-order valence-electron chi connectivity index (χ0n) is 13.3. The Labute approximate surface area is 115 Å². The Morgan fingerprint density at radius 2 is 1.83 bits per heavy atom. The van der Waals surface area contributed by atoms with Gasteiger partial charge < -0.3 is 5.32 Å². The third kappa shape index (κ3) is 5.30. The summed E-state index contributed by atoms with van der Waals surface area (Å²) in [5.74, 6) is 3.67. The van der Waals surface area contributed by atoms with Gasteiger partial charge in [0, 0.05) is 6.04 Å². The fourth-order valence-corrected chi connectivity index (χ4v) is 4.03. The zero-order chi connectivity index (χ0) is 13.5. The number of nitrogens with one attached hydrogen (secondary N) is 1. The molecule has 1 N–H and O–H groups in total. The van der Waals surface area contributed by atoms with Gasteiger partial charge in [-0.1, -0.05) is 40.5 Å². The average Bonchev–Trinajstić information content (AvgIpc) is 2.27. The molecule has 0 aliphatic heterocycles. The maximum absolute atomic E-state index is 3.56. The Morgan fingerprint density at radius 3 is 2.39 bits per heavy atom. The Kier molecular flexibility index (Phi) is 7.29. The van der Waals surface area contributed by atoms with Gasteiger partial charge in [0.05, 0.1) is 0 Å². The van der Waals surface area contributed by atoms with Crippen LogP contribution in [0.4, 0.5) is 0 Å². The molecule has 0 aromatic rings. The van der Waals surface area contributed by atoms with Gasteiger partial charge in [-0.2, -0.15) is 0 Å². The fourth-order valence-electron chi connectivity index (χ4n) is 4.03. The second kappa shape index (κ2) is 8.19. The van der Waals surface area contributed by atoms with Gasteiger partial charge >= 0.3 is 0 Å². The standard InChI is InChI=1S/C17H35N/c1-6-7-15-11-14(4)17(18-5)9-8-16(12-15)10-13(2)3/h13-18H,6-12H2,1-5H3. The highest BCUT2D eigenvalue weighted by molar-refractivity contribution is 4.81. The van der Waals surface area contributed by atoms with Crippen LogP contribution in [0.3, 0.4) is 0 Å². The summed E-state index contributed by atoms with van der Waals surface area (Å²) in [6.07, 6.45) is 9.99. The first kappa shape index (κ1) is 16.0. The highest BCUT2D eigenvalue weighted by Crippen LogP contribution is 2.35. The predicted octanol–water partition coefficient (Wildman–Crippen LogP) is 4.86. The van der Waals surface area contributed by atoms with E-state index in [1.165, 1.54) is 44.9 Å². The van der Waals surface area contributed by atoms with E-state index in [0.29, 0.717) is 0 Å². The molecule has 0 aromatic carbocycles. The van der Waals surface area contributed by atoms with E-state index in [2.05, 4.69) is 40.1 Å². The van der Waals surface area contributed by atoms with Crippen LogP contribution in [0.15, 0.2) is 0 Å². The minimum absolute atomic E-state index is 0.749. The lowest BCUT2D eigenvalue weighted by Crippen LogP contribution is -2.35. The summed E-state index contributed by atoms with van der Waals surface area (Å²) >= 11 is 0. The van der Waals surface area contributed by atoms with Crippen molar-refractivity contribution in [3.8, 4) is 0 Å². The third-order valence-electron chi connectivity index (χ3n) is 4.82. The molecular weight excluding hydrogens is 218 g/mol. The lowest BCUT2D eigenvalue weighted by Gasteiger charge is -2.34. The quantitative estimate of drug-likeness (QED) is 0.737. The van der Waals surface area contributed by atoms with Crippen molar-refractivity contribution in [2.24, 2.45) is 23.7 Å². The van der Waals surface area contributed by atoms with Gasteiger partial charge in [-0.3, -0.25) is 0 Å². The largest absolute Gasteiger partial charge is 0.317 e. The van der Waals surface area contributed by atoms with Crippen LogP contribution >= 0.6 is 0 Å². The topological polar surface area (TPSA) is 12.0 Å². The summed E-state index contributed by atoms with van der Waals surface area (Å²) in [5, 5.41) is 3.56. The first-order chi connectivity index (χ1) is 8.56. The molecule has 1 fully saturated rings. The molecule has 0 heterocycles. The maximum atomic E-state index is 3.56. The van der Waals surface area contributed by atoms with Crippen LogP contribution in [0.1, 0.15) is 72.6 Å². The second-order valence-electron chi connectivity index (χ2n) is 7.07. The molecule has 1 aliphatic rings. The second-order valence-corrected chi connectivity index (χ2v) is 7.07. The Hall–Kier alpha value is -0.0400. The summed E-state index contributed by atoms with van der Waals surface area (Å²) in [4.78, 5) is 0. The molecule has 0 amide bonds. The maximum Gasteiger partial charge on any atom is 0.00898 e. The number of rotatable bonds is 5. The third-order valence-corrected chi connectivity index (χ3v) is 4.82. The summed E-state index contributed by atoms with van der Waals surface area (Å²) in [6.45, 7) is 9.56. The average molecular weight is 253 g/mol. The fraction of sp³-hybridized carbons (Fsp3) is 1.00. The first-order valence-corrected chi connectivity index (χ1v) is 8.24. The van der Waals surface area contributed by atoms with Gasteiger partial charge in [0.1, 0.15) is 0 Å². The van der Waals surface area contributed by atoms with Crippen LogP contribution in [0, 0.1) is 23.7 Å². The Bertz CT molecular complexity index is 212. The molecule has 1 saturated carbocycles. The van der Waals surface area contributed by atoms with Crippen molar-refractivity contribution in [3.63, 3.8) is 0 Å². The van der Waals surface area contributed by atoms with Gasteiger partial charge in [0.2, 0.25) is 0 Å². The van der Waals surface area contributed by atoms with Crippen molar-refractivity contribution in [1.29, 1.82) is 0 Å². The highest BCUT2D eigenvalue weighted by atomic mass is 14.9. The normalized spacial score (nSPS) is 34.3. The summed E-state index contributed by atoms with van der Waals surface area (Å²) in [5.41, 5.74) is 0. The van der Waals surface area contributed by atoms with Crippen molar-refractivity contribution in [2.45, 2.75) is 78.7 Å². The smallest absolute Gasteiger partial charge is 0.00898 e. The molecule has 1 nitrogen and oxygen atoms in total. The zero-order valence-corrected chi connectivity index (χ0v) is 13.3. The minimum Gasteiger partial charge on any atom is -0.317 e. The van der Waals surface area contributed by atoms with Gasteiger partial charge in [-0.05, 0) is 62.8 Å². The lowest BCUT2D eigenvalue weighted by molar-refractivity contribution is 0.193. The van der Waals surface area contributed by atoms with Crippen molar-refractivity contribution in [3.05, 3.63) is 0 Å². The molecule has 0 spiro atoms. The van der Waals surface area contributed by atoms with Crippen molar-refractivity contribution >= 4 is 0 Å². The molecule has 0 bridgehead atoms. The molecule has 4 unspecified atom stereocenters. The summed E-state index contributed by atoms with van der Waals surface area (Å²) < 4.78 is 0. The predicted molar refractivity (Wildman–Crippen MR) is 81.8 cm³/mol. The molecule has 1 rings (SSSR count). The van der Waals surface area contributed by atoms with Crippen molar-refractivity contribution in [1.82, 2.24) is 5.32 Å². The van der Waals surface area contributed by atoms with E-state index in [9.17, 15) is 0 Å². The van der Waals surface area contributed by atoms with E-state index < -0.39 is 0 Å². The summed E-state index contributed by atoms with van der Waals surface area (Å²) in [6, 6.07) is 0.749. The van der Waals surface area contributed by atoms with Gasteiger partial charge in [0.25, 0.3) is 0 Å². The monoisotopic (exact) mass is 253 g/mol. The molecule has 4 atom stereocenters. The van der Waals surface area contributed by atoms with E-state index >= 15 is 0 Å². The van der Waals surface area contributed by atoms with Gasteiger partial charge in [-0.25, -0.2) is 0 Å². The van der Waals surface area contributed by atoms with E-state index in [1.807, 2.05) is 0 Å². The minimum atomic E-state index is 0.749. The van der Waals surface area contributed by atoms with E-state index in [1.54, 1.807) is 0 Å². The Morgan fingerprint density at radius 1 is 1.11 bits per heavy atom. The van der Waals surface area contributed by atoms with Gasteiger partial charge in [-0.15, -0.1) is 0 Å². The molecule has 108 valence electrons. The summed E-state index contributed by atoms with van der Waals surface area (Å²) in [7, 11) is 2.15. The molecule has 18 heavy (non-hydrogen) atoms.